The van der Waals surface area contributed by atoms with Crippen LogP contribution in [0.4, 0.5) is 0 Å². The van der Waals surface area contributed by atoms with Crippen LogP contribution in [-0.2, 0) is 0 Å². The Morgan fingerprint density at radius 1 is 1.28 bits per heavy atom. The Morgan fingerprint density at radius 3 is 2.83 bits per heavy atom. The molecule has 5 atom stereocenters. The smallest absolute Gasteiger partial charge is 0.0220 e. The summed E-state index contributed by atoms with van der Waals surface area (Å²) in [5.74, 6) is 2.95. The SMILES string of the molecule is CCC(C)C1CN(C2CC3CCC2C3)CCCN1. The van der Waals surface area contributed by atoms with Gasteiger partial charge in [0.05, 0.1) is 0 Å². The zero-order valence-corrected chi connectivity index (χ0v) is 12.2. The van der Waals surface area contributed by atoms with E-state index in [2.05, 4.69) is 24.1 Å². The first kappa shape index (κ1) is 12.9. The summed E-state index contributed by atoms with van der Waals surface area (Å²) in [5, 5.41) is 3.79. The molecule has 104 valence electrons. The van der Waals surface area contributed by atoms with Gasteiger partial charge < -0.3 is 5.32 Å². The van der Waals surface area contributed by atoms with E-state index in [0.717, 1.165) is 29.8 Å². The average molecular weight is 250 g/mol. The van der Waals surface area contributed by atoms with Crippen LogP contribution in [0.1, 0.15) is 52.4 Å². The predicted octanol–water partition coefficient (Wildman–Crippen LogP) is 2.89. The van der Waals surface area contributed by atoms with Gasteiger partial charge in [0.15, 0.2) is 0 Å². The lowest BCUT2D eigenvalue weighted by Gasteiger charge is -2.36. The fraction of sp³-hybridized carbons (Fsp3) is 1.00. The molecule has 2 nitrogen and oxygen atoms in total. The molecule has 3 aliphatic rings. The molecular weight excluding hydrogens is 220 g/mol. The summed E-state index contributed by atoms with van der Waals surface area (Å²) in [4.78, 5) is 2.86. The highest BCUT2D eigenvalue weighted by atomic mass is 15.2. The van der Waals surface area contributed by atoms with E-state index in [1.807, 2.05) is 0 Å². The molecule has 1 saturated heterocycles. The van der Waals surface area contributed by atoms with Crippen LogP contribution in [0.15, 0.2) is 0 Å². The molecule has 2 saturated carbocycles. The summed E-state index contributed by atoms with van der Waals surface area (Å²) in [6.45, 7) is 8.63. The monoisotopic (exact) mass is 250 g/mol. The van der Waals surface area contributed by atoms with Crippen molar-refractivity contribution in [2.45, 2.75) is 64.5 Å². The maximum Gasteiger partial charge on any atom is 0.0220 e. The third-order valence-electron chi connectivity index (χ3n) is 5.96. The molecule has 2 heteroatoms. The van der Waals surface area contributed by atoms with Crippen LogP contribution in [0.5, 0.6) is 0 Å². The maximum atomic E-state index is 3.79. The van der Waals surface area contributed by atoms with Gasteiger partial charge in [-0.25, -0.2) is 0 Å². The summed E-state index contributed by atoms with van der Waals surface area (Å²) in [7, 11) is 0. The van der Waals surface area contributed by atoms with Gasteiger partial charge in [0.2, 0.25) is 0 Å². The topological polar surface area (TPSA) is 15.3 Å². The van der Waals surface area contributed by atoms with Crippen molar-refractivity contribution in [3.63, 3.8) is 0 Å². The largest absolute Gasteiger partial charge is 0.312 e. The molecule has 0 spiro atoms. The summed E-state index contributed by atoms with van der Waals surface area (Å²) >= 11 is 0. The Kier molecular flexibility index (Phi) is 3.95. The molecule has 1 aliphatic heterocycles. The van der Waals surface area contributed by atoms with Gasteiger partial charge in [0, 0.05) is 18.6 Å². The van der Waals surface area contributed by atoms with E-state index in [1.165, 1.54) is 51.7 Å². The molecular formula is C16H30N2. The Hall–Kier alpha value is -0.0800. The second-order valence-electron chi connectivity index (χ2n) is 7.04. The van der Waals surface area contributed by atoms with E-state index in [0.29, 0.717) is 0 Å². The number of nitrogens with one attached hydrogen (secondary N) is 1. The van der Waals surface area contributed by atoms with Crippen LogP contribution < -0.4 is 5.32 Å². The fourth-order valence-electron chi connectivity index (χ4n) is 4.60. The van der Waals surface area contributed by atoms with E-state index < -0.39 is 0 Å². The molecule has 1 N–H and O–H groups in total. The lowest BCUT2D eigenvalue weighted by molar-refractivity contribution is 0.130. The molecule has 2 aliphatic carbocycles. The van der Waals surface area contributed by atoms with Gasteiger partial charge in [-0.2, -0.15) is 0 Å². The molecule has 3 rings (SSSR count). The molecule has 3 fully saturated rings. The summed E-state index contributed by atoms with van der Waals surface area (Å²) in [6.07, 6.45) is 8.76. The highest BCUT2D eigenvalue weighted by molar-refractivity contribution is 4.97. The Bertz CT molecular complexity index is 278. The highest BCUT2D eigenvalue weighted by Crippen LogP contribution is 2.46. The predicted molar refractivity (Wildman–Crippen MR) is 76.7 cm³/mol. The standard InChI is InChI=1S/C16H30N2/c1-3-12(2)15-11-18(8-4-7-17-15)16-10-13-5-6-14(16)9-13/h12-17H,3-11H2,1-2H3. The highest BCUT2D eigenvalue weighted by Gasteiger charge is 2.42. The maximum absolute atomic E-state index is 3.79. The Balaban J connectivity index is 1.64. The van der Waals surface area contributed by atoms with Gasteiger partial charge in [0.1, 0.15) is 0 Å². The van der Waals surface area contributed by atoms with E-state index in [9.17, 15) is 0 Å². The van der Waals surface area contributed by atoms with Crippen LogP contribution >= 0.6 is 0 Å². The van der Waals surface area contributed by atoms with Gasteiger partial charge in [-0.1, -0.05) is 26.7 Å². The van der Waals surface area contributed by atoms with Crippen molar-refractivity contribution in [2.24, 2.45) is 17.8 Å². The molecule has 1 heterocycles. The van der Waals surface area contributed by atoms with Crippen molar-refractivity contribution in [2.75, 3.05) is 19.6 Å². The lowest BCUT2D eigenvalue weighted by atomic mass is 9.92. The number of fused-ring (bicyclic) bond motifs is 2. The van der Waals surface area contributed by atoms with Gasteiger partial charge in [-0.15, -0.1) is 0 Å². The van der Waals surface area contributed by atoms with Crippen molar-refractivity contribution in [1.29, 1.82) is 0 Å². The molecule has 0 aromatic heterocycles. The molecule has 0 aromatic carbocycles. The molecule has 18 heavy (non-hydrogen) atoms. The first-order valence-corrected chi connectivity index (χ1v) is 8.25. The first-order chi connectivity index (χ1) is 8.78. The normalized spacial score (nSPS) is 43.0. The number of nitrogens with zero attached hydrogens (tertiary/aromatic N) is 1. The van der Waals surface area contributed by atoms with Crippen LogP contribution in [0, 0.1) is 17.8 Å². The third-order valence-corrected chi connectivity index (χ3v) is 5.96. The molecule has 0 radical (unpaired) electrons. The second-order valence-corrected chi connectivity index (χ2v) is 7.04. The van der Waals surface area contributed by atoms with Crippen molar-refractivity contribution in [3.05, 3.63) is 0 Å². The van der Waals surface area contributed by atoms with E-state index >= 15 is 0 Å². The van der Waals surface area contributed by atoms with Crippen LogP contribution in [0.3, 0.4) is 0 Å². The average Bonchev–Trinajstić information content (AvgIpc) is 2.93. The number of rotatable bonds is 3. The minimum Gasteiger partial charge on any atom is -0.312 e. The van der Waals surface area contributed by atoms with Gasteiger partial charge >= 0.3 is 0 Å². The molecule has 5 unspecified atom stereocenters. The summed E-state index contributed by atoms with van der Waals surface area (Å²) < 4.78 is 0. The van der Waals surface area contributed by atoms with Crippen LogP contribution in [0.25, 0.3) is 0 Å². The second kappa shape index (κ2) is 5.50. The fourth-order valence-corrected chi connectivity index (χ4v) is 4.60. The minimum absolute atomic E-state index is 0.733. The van der Waals surface area contributed by atoms with E-state index in [-0.39, 0.29) is 0 Å². The van der Waals surface area contributed by atoms with E-state index in [1.54, 1.807) is 6.42 Å². The summed E-state index contributed by atoms with van der Waals surface area (Å²) in [5.41, 5.74) is 0. The molecule has 2 bridgehead atoms. The lowest BCUT2D eigenvalue weighted by Crippen LogP contribution is -2.47. The van der Waals surface area contributed by atoms with Crippen LogP contribution in [0.2, 0.25) is 0 Å². The van der Waals surface area contributed by atoms with Gasteiger partial charge in [-0.3, -0.25) is 4.90 Å². The summed E-state index contributed by atoms with van der Waals surface area (Å²) in [6, 6.07) is 1.67. The zero-order valence-electron chi connectivity index (χ0n) is 12.2. The molecule has 0 aromatic rings. The Labute approximate surface area is 113 Å². The van der Waals surface area contributed by atoms with Crippen LogP contribution in [-0.4, -0.2) is 36.6 Å². The van der Waals surface area contributed by atoms with Crippen molar-refractivity contribution >= 4 is 0 Å². The third kappa shape index (κ3) is 2.46. The number of hydrogen-bond donors (Lipinski definition) is 1. The van der Waals surface area contributed by atoms with Crippen molar-refractivity contribution in [3.8, 4) is 0 Å². The Morgan fingerprint density at radius 2 is 2.17 bits per heavy atom. The zero-order chi connectivity index (χ0) is 12.5. The van der Waals surface area contributed by atoms with Crippen molar-refractivity contribution in [1.82, 2.24) is 10.2 Å². The van der Waals surface area contributed by atoms with Gasteiger partial charge in [0.25, 0.3) is 0 Å². The minimum atomic E-state index is 0.733. The van der Waals surface area contributed by atoms with Gasteiger partial charge in [-0.05, 0) is 56.5 Å². The van der Waals surface area contributed by atoms with Crippen molar-refractivity contribution < 1.29 is 0 Å². The first-order valence-electron chi connectivity index (χ1n) is 8.25. The number of hydrogen-bond acceptors (Lipinski definition) is 2. The quantitative estimate of drug-likeness (QED) is 0.828. The molecule has 0 amide bonds. The van der Waals surface area contributed by atoms with E-state index in [4.69, 9.17) is 0 Å².